The Morgan fingerprint density at radius 1 is 0.667 bits per heavy atom. The molecule has 1 atom stereocenters. The number of piperazine rings is 1. The van der Waals surface area contributed by atoms with Crippen molar-refractivity contribution in [2.45, 2.75) is 179 Å². The molecule has 3 aliphatic rings. The van der Waals surface area contributed by atoms with Crippen LogP contribution in [0, 0.1) is 0 Å². The number of unbranched alkanes of at least 4 members (excludes halogenated alkanes) is 15. The van der Waals surface area contributed by atoms with Crippen molar-refractivity contribution < 1.29 is 9.59 Å². The zero-order valence-corrected chi connectivity index (χ0v) is 23.9. The molecule has 2 spiro atoms. The first-order chi connectivity index (χ1) is 17.6. The smallest absolute Gasteiger partial charge is 0.243 e. The van der Waals surface area contributed by atoms with Crippen molar-refractivity contribution in [1.29, 1.82) is 0 Å². The van der Waals surface area contributed by atoms with E-state index in [9.17, 15) is 9.59 Å². The molecule has 3 fully saturated rings. The van der Waals surface area contributed by atoms with Gasteiger partial charge in [-0.2, -0.15) is 0 Å². The maximum Gasteiger partial charge on any atom is 0.243 e. The molecule has 2 aliphatic carbocycles. The molecule has 2 saturated carbocycles. The van der Waals surface area contributed by atoms with E-state index < -0.39 is 5.54 Å². The van der Waals surface area contributed by atoms with Crippen LogP contribution >= 0.6 is 0 Å². The Balaban J connectivity index is 1.26. The Kier molecular flexibility index (Phi) is 13.3. The second kappa shape index (κ2) is 16.1. The minimum absolute atomic E-state index is 0.0544. The van der Waals surface area contributed by atoms with Gasteiger partial charge in [-0.1, -0.05) is 122 Å². The van der Waals surface area contributed by atoms with Crippen LogP contribution in [0.1, 0.15) is 167 Å². The van der Waals surface area contributed by atoms with E-state index >= 15 is 0 Å². The third-order valence-electron chi connectivity index (χ3n) is 9.34. The number of nitrogens with one attached hydrogen (secondary N) is 1. The molecule has 0 radical (unpaired) electrons. The van der Waals surface area contributed by atoms with E-state index in [1.807, 2.05) is 0 Å². The van der Waals surface area contributed by atoms with Gasteiger partial charge in [-0.15, -0.1) is 0 Å². The predicted octanol–water partition coefficient (Wildman–Crippen LogP) is 8.26. The van der Waals surface area contributed by atoms with Gasteiger partial charge in [0.25, 0.3) is 0 Å². The number of Topliss-reactive ketones (excluding diaryl/α,β-unsaturated/α-hetero) is 1. The molecule has 0 bridgehead atoms. The first kappa shape index (κ1) is 29.7. The van der Waals surface area contributed by atoms with E-state index in [-0.39, 0.29) is 17.2 Å². The van der Waals surface area contributed by atoms with Crippen molar-refractivity contribution in [3.05, 3.63) is 0 Å². The molecule has 1 unspecified atom stereocenters. The Morgan fingerprint density at radius 3 is 1.72 bits per heavy atom. The fraction of sp³-hybridized carbons (Fsp3) is 0.938. The third-order valence-corrected chi connectivity index (χ3v) is 9.34. The lowest BCUT2D eigenvalue weighted by molar-refractivity contribution is -0.152. The van der Waals surface area contributed by atoms with E-state index in [0.29, 0.717) is 12.8 Å². The normalized spacial score (nSPS) is 24.2. The van der Waals surface area contributed by atoms with Gasteiger partial charge in [0, 0.05) is 31.5 Å². The monoisotopic (exact) mass is 502 g/mol. The van der Waals surface area contributed by atoms with E-state index in [1.165, 1.54) is 116 Å². The van der Waals surface area contributed by atoms with Gasteiger partial charge in [-0.3, -0.25) is 14.9 Å². The summed E-state index contributed by atoms with van der Waals surface area (Å²) in [4.78, 5) is 28.1. The molecule has 36 heavy (non-hydrogen) atoms. The van der Waals surface area contributed by atoms with Crippen LogP contribution in [0.5, 0.6) is 0 Å². The summed E-state index contributed by atoms with van der Waals surface area (Å²) in [6.07, 6.45) is 30.9. The molecule has 208 valence electrons. The van der Waals surface area contributed by atoms with Crippen LogP contribution in [0.3, 0.4) is 0 Å². The van der Waals surface area contributed by atoms with Crippen LogP contribution in [0.15, 0.2) is 0 Å². The summed E-state index contributed by atoms with van der Waals surface area (Å²) in [6.45, 7) is 4.04. The molecule has 0 aromatic heterocycles. The van der Waals surface area contributed by atoms with Gasteiger partial charge in [-0.25, -0.2) is 0 Å². The van der Waals surface area contributed by atoms with Gasteiger partial charge in [0.2, 0.25) is 5.91 Å². The largest absolute Gasteiger partial charge is 0.339 e. The number of hydrogen-bond acceptors (Lipinski definition) is 3. The van der Waals surface area contributed by atoms with Crippen molar-refractivity contribution in [3.63, 3.8) is 0 Å². The standard InChI is InChI=1S/C32H58N2O2/c1-2-3-4-5-6-7-8-9-10-11-12-13-14-15-16-20-26-34-28-31(23-18-17-19-24-31)33-32(30(34)36)25-21-22-29(35)27-32/h33H,2-28H2,1H3. The van der Waals surface area contributed by atoms with Gasteiger partial charge in [0.15, 0.2) is 0 Å². The van der Waals surface area contributed by atoms with Gasteiger partial charge < -0.3 is 4.90 Å². The highest BCUT2D eigenvalue weighted by atomic mass is 16.2. The van der Waals surface area contributed by atoms with E-state index in [2.05, 4.69) is 17.1 Å². The zero-order valence-electron chi connectivity index (χ0n) is 23.9. The van der Waals surface area contributed by atoms with Gasteiger partial charge >= 0.3 is 0 Å². The number of ketones is 1. The summed E-state index contributed by atoms with van der Waals surface area (Å²) in [5.41, 5.74) is -0.543. The number of carbonyl (C=O) groups excluding carboxylic acids is 2. The van der Waals surface area contributed by atoms with Crippen molar-refractivity contribution in [2.24, 2.45) is 0 Å². The Bertz CT molecular complexity index is 642. The van der Waals surface area contributed by atoms with E-state index in [1.54, 1.807) is 0 Å². The van der Waals surface area contributed by atoms with Crippen LogP contribution in [-0.4, -0.2) is 40.8 Å². The molecule has 1 heterocycles. The van der Waals surface area contributed by atoms with Crippen LogP contribution in [-0.2, 0) is 9.59 Å². The van der Waals surface area contributed by atoms with E-state index in [4.69, 9.17) is 0 Å². The fourth-order valence-electron chi connectivity index (χ4n) is 7.27. The molecule has 1 N–H and O–H groups in total. The fourth-order valence-corrected chi connectivity index (χ4v) is 7.27. The minimum atomic E-state index is -0.597. The quantitative estimate of drug-likeness (QED) is 0.204. The Hall–Kier alpha value is -0.900. The Labute approximate surface area is 223 Å². The highest BCUT2D eigenvalue weighted by Gasteiger charge is 2.54. The molecule has 1 aliphatic heterocycles. The molecule has 4 nitrogen and oxygen atoms in total. The molecule has 3 rings (SSSR count). The number of nitrogens with zero attached hydrogens (tertiary/aromatic N) is 1. The Morgan fingerprint density at radius 2 is 1.19 bits per heavy atom. The van der Waals surface area contributed by atoms with Crippen LogP contribution < -0.4 is 5.32 Å². The summed E-state index contributed by atoms with van der Waals surface area (Å²) in [5.74, 6) is 0.505. The first-order valence-corrected chi connectivity index (χ1v) is 16.2. The molecule has 0 aromatic carbocycles. The van der Waals surface area contributed by atoms with Crippen molar-refractivity contribution in [2.75, 3.05) is 13.1 Å². The molecule has 1 saturated heterocycles. The summed E-state index contributed by atoms with van der Waals surface area (Å²) >= 11 is 0. The predicted molar refractivity (Wildman–Crippen MR) is 151 cm³/mol. The lowest BCUT2D eigenvalue weighted by Gasteiger charge is -2.55. The molecule has 1 amide bonds. The average molecular weight is 503 g/mol. The summed E-state index contributed by atoms with van der Waals surface area (Å²) in [6, 6.07) is 0. The molecular formula is C32H58N2O2. The molecule has 0 aromatic rings. The highest BCUT2D eigenvalue weighted by Crippen LogP contribution is 2.40. The highest BCUT2D eigenvalue weighted by molar-refractivity contribution is 5.94. The SMILES string of the molecule is CCCCCCCCCCCCCCCCCCN1CC2(CCCCC2)NC2(CCCC(=O)C2)C1=O. The van der Waals surface area contributed by atoms with Gasteiger partial charge in [-0.05, 0) is 32.1 Å². The molecule has 4 heteroatoms. The summed E-state index contributed by atoms with van der Waals surface area (Å²) in [7, 11) is 0. The van der Waals surface area contributed by atoms with Crippen molar-refractivity contribution in [1.82, 2.24) is 10.2 Å². The second-order valence-electron chi connectivity index (χ2n) is 12.6. The number of rotatable bonds is 17. The van der Waals surface area contributed by atoms with Gasteiger partial charge in [0.1, 0.15) is 11.3 Å². The lowest BCUT2D eigenvalue weighted by atomic mass is 9.71. The average Bonchev–Trinajstić information content (AvgIpc) is 2.87. The number of amides is 1. The van der Waals surface area contributed by atoms with Crippen molar-refractivity contribution in [3.8, 4) is 0 Å². The van der Waals surface area contributed by atoms with Crippen LogP contribution in [0.4, 0.5) is 0 Å². The lowest BCUT2D eigenvalue weighted by Crippen LogP contribution is -2.75. The van der Waals surface area contributed by atoms with Crippen molar-refractivity contribution >= 4 is 11.7 Å². The third kappa shape index (κ3) is 9.44. The maximum atomic E-state index is 13.6. The number of carbonyl (C=O) groups is 2. The topological polar surface area (TPSA) is 49.4 Å². The number of hydrogen-bond donors (Lipinski definition) is 1. The zero-order chi connectivity index (χ0) is 25.5. The van der Waals surface area contributed by atoms with Crippen LogP contribution in [0.25, 0.3) is 0 Å². The summed E-state index contributed by atoms with van der Waals surface area (Å²) in [5, 5.41) is 3.84. The summed E-state index contributed by atoms with van der Waals surface area (Å²) < 4.78 is 0. The minimum Gasteiger partial charge on any atom is -0.339 e. The first-order valence-electron chi connectivity index (χ1n) is 16.2. The molecular weight excluding hydrogens is 444 g/mol. The second-order valence-corrected chi connectivity index (χ2v) is 12.6. The van der Waals surface area contributed by atoms with E-state index in [0.717, 1.165) is 45.2 Å². The van der Waals surface area contributed by atoms with Crippen LogP contribution in [0.2, 0.25) is 0 Å². The van der Waals surface area contributed by atoms with Gasteiger partial charge in [0.05, 0.1) is 0 Å². The maximum absolute atomic E-state index is 13.6.